The van der Waals surface area contributed by atoms with Crippen molar-refractivity contribution in [1.29, 1.82) is 0 Å². The summed E-state index contributed by atoms with van der Waals surface area (Å²) < 4.78 is 37.9. The van der Waals surface area contributed by atoms with Crippen LogP contribution in [0.4, 0.5) is 24.5 Å². The van der Waals surface area contributed by atoms with Gasteiger partial charge in [0.1, 0.15) is 0 Å². The Bertz CT molecular complexity index is 991. The summed E-state index contributed by atoms with van der Waals surface area (Å²) in [5, 5.41) is 21.6. The van der Waals surface area contributed by atoms with E-state index in [1.165, 1.54) is 18.2 Å². The third-order valence-electron chi connectivity index (χ3n) is 4.07. The predicted molar refractivity (Wildman–Crippen MR) is 99.0 cm³/mol. The number of carbonyl (C=O) groups is 1. The van der Waals surface area contributed by atoms with Gasteiger partial charge in [0.2, 0.25) is 0 Å². The highest BCUT2D eigenvalue weighted by molar-refractivity contribution is 6.05. The van der Waals surface area contributed by atoms with Crippen LogP contribution in [0.15, 0.2) is 60.7 Å². The number of phenolic OH excluding ortho intramolecular Hbond substituents is 2. The molecule has 0 radical (unpaired) electrons. The normalized spacial score (nSPS) is 11.2. The highest BCUT2D eigenvalue weighted by atomic mass is 19.4. The lowest BCUT2D eigenvalue weighted by Crippen LogP contribution is -2.12. The molecule has 0 aromatic heterocycles. The van der Waals surface area contributed by atoms with Crippen molar-refractivity contribution in [2.45, 2.75) is 6.18 Å². The smallest absolute Gasteiger partial charge is 0.416 e. The summed E-state index contributed by atoms with van der Waals surface area (Å²) >= 11 is 0. The number of phenols is 2. The number of nitrogens with two attached hydrogens (primary N) is 1. The van der Waals surface area contributed by atoms with Crippen LogP contribution >= 0.6 is 0 Å². The van der Waals surface area contributed by atoms with E-state index in [9.17, 15) is 28.2 Å². The first-order valence-corrected chi connectivity index (χ1v) is 8.05. The second kappa shape index (κ2) is 7.15. The van der Waals surface area contributed by atoms with Crippen LogP contribution in [0.1, 0.15) is 15.9 Å². The summed E-state index contributed by atoms with van der Waals surface area (Å²) in [5.41, 5.74) is 6.42. The maximum Gasteiger partial charge on any atom is 0.416 e. The molecule has 0 fully saturated rings. The number of carbonyl (C=O) groups excluding carboxylic acids is 1. The highest BCUT2D eigenvalue weighted by Gasteiger charge is 2.29. The molecule has 0 aliphatic carbocycles. The van der Waals surface area contributed by atoms with Gasteiger partial charge in [-0.05, 0) is 47.5 Å². The molecule has 0 unspecified atom stereocenters. The molecule has 1 amide bonds. The number of alkyl halides is 3. The Morgan fingerprint density at radius 1 is 0.893 bits per heavy atom. The number of nitrogen functional groups attached to an aromatic ring is 1. The molecular weight excluding hydrogens is 373 g/mol. The van der Waals surface area contributed by atoms with Crippen LogP contribution < -0.4 is 11.1 Å². The SMILES string of the molecule is Nc1cc(C(=O)Nc2ccc(-c3ccc(C(F)(F)F)cc3)cc2)cc(O)c1O. The van der Waals surface area contributed by atoms with E-state index in [1.54, 1.807) is 24.3 Å². The van der Waals surface area contributed by atoms with E-state index in [0.717, 1.165) is 18.2 Å². The summed E-state index contributed by atoms with van der Waals surface area (Å²) in [4.78, 5) is 12.3. The van der Waals surface area contributed by atoms with Crippen molar-refractivity contribution in [2.75, 3.05) is 11.1 Å². The molecule has 5 nitrogen and oxygen atoms in total. The van der Waals surface area contributed by atoms with E-state index in [-0.39, 0.29) is 11.3 Å². The number of anilines is 2. The molecule has 0 saturated heterocycles. The average molecular weight is 388 g/mol. The van der Waals surface area contributed by atoms with E-state index in [0.29, 0.717) is 16.8 Å². The monoisotopic (exact) mass is 388 g/mol. The van der Waals surface area contributed by atoms with Gasteiger partial charge in [-0.3, -0.25) is 4.79 Å². The molecule has 28 heavy (non-hydrogen) atoms. The Labute approximate surface area is 157 Å². The largest absolute Gasteiger partial charge is 0.504 e. The second-order valence-electron chi connectivity index (χ2n) is 6.04. The molecule has 0 heterocycles. The Kier molecular flexibility index (Phi) is 4.87. The van der Waals surface area contributed by atoms with Crippen LogP contribution in [-0.2, 0) is 6.18 Å². The molecule has 8 heteroatoms. The maximum absolute atomic E-state index is 12.6. The van der Waals surface area contributed by atoms with Crippen molar-refractivity contribution in [1.82, 2.24) is 0 Å². The van der Waals surface area contributed by atoms with Crippen LogP contribution in [0.5, 0.6) is 11.5 Å². The molecule has 0 bridgehead atoms. The first-order valence-electron chi connectivity index (χ1n) is 8.05. The molecule has 0 spiro atoms. The minimum absolute atomic E-state index is 0.0552. The Balaban J connectivity index is 1.75. The molecule has 144 valence electrons. The number of nitrogens with one attached hydrogen (secondary N) is 1. The van der Waals surface area contributed by atoms with Gasteiger partial charge < -0.3 is 21.3 Å². The van der Waals surface area contributed by atoms with E-state index in [2.05, 4.69) is 5.32 Å². The summed E-state index contributed by atoms with van der Waals surface area (Å²) in [5.74, 6) is -1.57. The number of amides is 1. The number of benzene rings is 3. The molecule has 3 aromatic carbocycles. The number of aromatic hydroxyl groups is 2. The molecule has 5 N–H and O–H groups in total. The third-order valence-corrected chi connectivity index (χ3v) is 4.07. The predicted octanol–water partition coefficient (Wildman–Crippen LogP) is 4.62. The summed E-state index contributed by atoms with van der Waals surface area (Å²) in [6.07, 6.45) is -4.39. The Morgan fingerprint density at radius 3 is 1.93 bits per heavy atom. The fourth-order valence-electron chi connectivity index (χ4n) is 2.57. The number of halogens is 3. The third kappa shape index (κ3) is 4.01. The lowest BCUT2D eigenvalue weighted by molar-refractivity contribution is -0.137. The Hall–Kier alpha value is -3.68. The second-order valence-corrected chi connectivity index (χ2v) is 6.04. The maximum atomic E-state index is 12.6. The van der Waals surface area contributed by atoms with Crippen molar-refractivity contribution < 1.29 is 28.2 Å². The average Bonchev–Trinajstić information content (AvgIpc) is 2.65. The van der Waals surface area contributed by atoms with Gasteiger partial charge in [0.05, 0.1) is 11.3 Å². The Morgan fingerprint density at radius 2 is 1.43 bits per heavy atom. The van der Waals surface area contributed by atoms with E-state index >= 15 is 0 Å². The topological polar surface area (TPSA) is 95.6 Å². The van der Waals surface area contributed by atoms with Crippen LogP contribution in [-0.4, -0.2) is 16.1 Å². The van der Waals surface area contributed by atoms with Crippen molar-refractivity contribution in [3.8, 4) is 22.6 Å². The van der Waals surface area contributed by atoms with Gasteiger partial charge >= 0.3 is 6.18 Å². The van der Waals surface area contributed by atoms with E-state index in [4.69, 9.17) is 5.73 Å². The molecule has 0 aliphatic rings. The van der Waals surface area contributed by atoms with Gasteiger partial charge in [0.25, 0.3) is 5.91 Å². The van der Waals surface area contributed by atoms with Gasteiger partial charge in [-0.25, -0.2) is 0 Å². The quantitative estimate of drug-likeness (QED) is 0.389. The van der Waals surface area contributed by atoms with E-state index in [1.807, 2.05) is 0 Å². The fraction of sp³-hybridized carbons (Fsp3) is 0.0500. The summed E-state index contributed by atoms with van der Waals surface area (Å²) in [6.45, 7) is 0. The minimum Gasteiger partial charge on any atom is -0.504 e. The first kappa shape index (κ1) is 19.1. The van der Waals surface area contributed by atoms with Crippen LogP contribution in [0.2, 0.25) is 0 Å². The molecule has 0 saturated carbocycles. The highest BCUT2D eigenvalue weighted by Crippen LogP contribution is 2.33. The zero-order valence-corrected chi connectivity index (χ0v) is 14.3. The van der Waals surface area contributed by atoms with Crippen molar-refractivity contribution >= 4 is 17.3 Å². The lowest BCUT2D eigenvalue weighted by atomic mass is 10.0. The molecule has 3 rings (SSSR count). The molecule has 3 aromatic rings. The first-order chi connectivity index (χ1) is 13.1. The molecule has 0 aliphatic heterocycles. The minimum atomic E-state index is -4.39. The zero-order chi connectivity index (χ0) is 20.5. The fourth-order valence-corrected chi connectivity index (χ4v) is 2.57. The number of rotatable bonds is 3. The number of hydrogen-bond acceptors (Lipinski definition) is 4. The van der Waals surface area contributed by atoms with Gasteiger partial charge in [0, 0.05) is 11.3 Å². The van der Waals surface area contributed by atoms with Crippen LogP contribution in [0.25, 0.3) is 11.1 Å². The van der Waals surface area contributed by atoms with Crippen molar-refractivity contribution in [3.05, 3.63) is 71.8 Å². The van der Waals surface area contributed by atoms with E-state index < -0.39 is 29.1 Å². The molecular formula is C20H15F3N2O3. The standard InChI is InChI=1S/C20H15F3N2O3/c21-20(22,23)14-5-1-11(2-6-14)12-3-7-15(8-4-12)25-19(28)13-9-16(24)18(27)17(26)10-13/h1-10,26-27H,24H2,(H,25,28). The lowest BCUT2D eigenvalue weighted by Gasteiger charge is -2.10. The van der Waals surface area contributed by atoms with Crippen LogP contribution in [0.3, 0.4) is 0 Å². The van der Waals surface area contributed by atoms with Gasteiger partial charge in [-0.2, -0.15) is 13.2 Å². The molecule has 0 atom stereocenters. The summed E-state index contributed by atoms with van der Waals surface area (Å²) in [6, 6.07) is 13.6. The van der Waals surface area contributed by atoms with Gasteiger partial charge in [-0.15, -0.1) is 0 Å². The van der Waals surface area contributed by atoms with Crippen molar-refractivity contribution in [2.24, 2.45) is 0 Å². The number of hydrogen-bond donors (Lipinski definition) is 4. The van der Waals surface area contributed by atoms with Crippen LogP contribution in [0, 0.1) is 0 Å². The van der Waals surface area contributed by atoms with Gasteiger partial charge in [0.15, 0.2) is 11.5 Å². The summed E-state index contributed by atoms with van der Waals surface area (Å²) in [7, 11) is 0. The zero-order valence-electron chi connectivity index (χ0n) is 14.3. The van der Waals surface area contributed by atoms with Gasteiger partial charge in [-0.1, -0.05) is 24.3 Å². The van der Waals surface area contributed by atoms with Crippen molar-refractivity contribution in [3.63, 3.8) is 0 Å².